The number of amides is 1. The van der Waals surface area contributed by atoms with Crippen LogP contribution >= 0.6 is 12.1 Å². The van der Waals surface area contributed by atoms with Gasteiger partial charge in [-0.25, -0.2) is 0 Å². The molecule has 0 aliphatic rings. The first-order chi connectivity index (χ1) is 10.3. The Labute approximate surface area is 129 Å². The van der Waals surface area contributed by atoms with Gasteiger partial charge >= 0.3 is 0 Å². The number of nitrogens with two attached hydrogens (primary N) is 1. The lowest BCUT2D eigenvalue weighted by molar-refractivity contribution is -0.116. The van der Waals surface area contributed by atoms with Gasteiger partial charge in [-0.2, -0.15) is 0 Å². The average molecular weight is 304 g/mol. The molecule has 0 bridgehead atoms. The number of carbonyl (C=O) groups is 1. The van der Waals surface area contributed by atoms with E-state index in [1.807, 2.05) is 30.3 Å². The third-order valence-electron chi connectivity index (χ3n) is 3.15. The highest BCUT2D eigenvalue weighted by molar-refractivity contribution is 7.95. The van der Waals surface area contributed by atoms with E-state index in [-0.39, 0.29) is 5.91 Å². The minimum atomic E-state index is 0.0550. The molecule has 0 saturated carbocycles. The van der Waals surface area contributed by atoms with Crippen molar-refractivity contribution in [3.8, 4) is 0 Å². The van der Waals surface area contributed by atoms with E-state index in [1.54, 1.807) is 6.20 Å². The predicted molar refractivity (Wildman–Crippen MR) is 88.6 cm³/mol. The standard InChI is InChI=1S/C15H20N4OS/c16-21-18-10-3-1-2-6-15(20)19-13-7-8-14-12(11-13)5-4-9-17-14/h4-5,7-9,11,18H,1-3,6,10,16H2,(H,19,20). The maximum absolute atomic E-state index is 11.9. The summed E-state index contributed by atoms with van der Waals surface area (Å²) in [7, 11) is 0. The number of benzene rings is 1. The first kappa shape index (κ1) is 15.8. The minimum Gasteiger partial charge on any atom is -0.326 e. The Balaban J connectivity index is 1.76. The Morgan fingerprint density at radius 2 is 2.14 bits per heavy atom. The van der Waals surface area contributed by atoms with Crippen LogP contribution in [0.1, 0.15) is 25.7 Å². The van der Waals surface area contributed by atoms with Crippen molar-refractivity contribution in [1.29, 1.82) is 0 Å². The van der Waals surface area contributed by atoms with Crippen molar-refractivity contribution in [1.82, 2.24) is 9.71 Å². The van der Waals surface area contributed by atoms with Crippen molar-refractivity contribution in [2.45, 2.75) is 25.7 Å². The summed E-state index contributed by atoms with van der Waals surface area (Å²) in [6.07, 6.45) is 5.24. The fourth-order valence-corrected chi connectivity index (χ4v) is 2.36. The van der Waals surface area contributed by atoms with Crippen LogP contribution < -0.4 is 15.2 Å². The highest BCUT2D eigenvalue weighted by Crippen LogP contribution is 2.17. The summed E-state index contributed by atoms with van der Waals surface area (Å²) in [5.41, 5.74) is 1.75. The van der Waals surface area contributed by atoms with E-state index in [9.17, 15) is 4.79 Å². The highest BCUT2D eigenvalue weighted by atomic mass is 32.2. The number of anilines is 1. The number of carbonyl (C=O) groups excluding carboxylic acids is 1. The second kappa shape index (κ2) is 8.61. The first-order valence-electron chi connectivity index (χ1n) is 7.03. The molecule has 1 heterocycles. The molecule has 1 amide bonds. The molecule has 0 radical (unpaired) electrons. The Kier molecular flexibility index (Phi) is 6.46. The van der Waals surface area contributed by atoms with Crippen LogP contribution in [-0.2, 0) is 4.79 Å². The van der Waals surface area contributed by atoms with Crippen LogP contribution in [0.5, 0.6) is 0 Å². The molecule has 0 atom stereocenters. The van der Waals surface area contributed by atoms with E-state index in [1.165, 1.54) is 0 Å². The number of pyridine rings is 1. The Morgan fingerprint density at radius 3 is 3.00 bits per heavy atom. The highest BCUT2D eigenvalue weighted by Gasteiger charge is 2.03. The summed E-state index contributed by atoms with van der Waals surface area (Å²) >= 11 is 1.13. The summed E-state index contributed by atoms with van der Waals surface area (Å²) in [6, 6.07) is 9.63. The van der Waals surface area contributed by atoms with E-state index in [0.29, 0.717) is 6.42 Å². The number of nitrogens with one attached hydrogen (secondary N) is 2. The number of hydrogen-bond donors (Lipinski definition) is 3. The molecule has 4 N–H and O–H groups in total. The molecular formula is C15H20N4OS. The summed E-state index contributed by atoms with van der Waals surface area (Å²) in [6.45, 7) is 0.875. The van der Waals surface area contributed by atoms with Gasteiger partial charge in [-0.05, 0) is 37.1 Å². The molecule has 2 rings (SSSR count). The second-order valence-electron chi connectivity index (χ2n) is 4.78. The largest absolute Gasteiger partial charge is 0.326 e. The molecule has 5 nitrogen and oxygen atoms in total. The van der Waals surface area contributed by atoms with Gasteiger partial charge in [0.05, 0.1) is 5.52 Å². The average Bonchev–Trinajstić information content (AvgIpc) is 2.50. The second-order valence-corrected chi connectivity index (χ2v) is 5.31. The fraction of sp³-hybridized carbons (Fsp3) is 0.333. The van der Waals surface area contributed by atoms with E-state index in [4.69, 9.17) is 5.14 Å². The van der Waals surface area contributed by atoms with Crippen LogP contribution in [0, 0.1) is 0 Å². The zero-order valence-corrected chi connectivity index (χ0v) is 12.7. The number of aromatic nitrogens is 1. The fourth-order valence-electron chi connectivity index (χ4n) is 2.10. The molecule has 1 aromatic carbocycles. The van der Waals surface area contributed by atoms with Gasteiger partial charge in [0.1, 0.15) is 0 Å². The van der Waals surface area contributed by atoms with E-state index in [0.717, 1.165) is 54.5 Å². The van der Waals surface area contributed by atoms with Gasteiger partial charge in [0, 0.05) is 42.4 Å². The molecule has 2 aromatic rings. The Morgan fingerprint density at radius 1 is 1.24 bits per heavy atom. The molecule has 1 aromatic heterocycles. The minimum absolute atomic E-state index is 0.0550. The number of unbranched alkanes of at least 4 members (excludes halogenated alkanes) is 2. The summed E-state index contributed by atoms with van der Waals surface area (Å²) in [5, 5.41) is 9.21. The molecule has 0 unspecified atom stereocenters. The molecule has 112 valence electrons. The van der Waals surface area contributed by atoms with Crippen LogP contribution in [0.25, 0.3) is 10.9 Å². The maximum Gasteiger partial charge on any atom is 0.224 e. The molecule has 6 heteroatoms. The number of rotatable bonds is 8. The molecule has 0 spiro atoms. The Bertz CT molecular complexity index is 591. The van der Waals surface area contributed by atoms with Gasteiger partial charge < -0.3 is 5.32 Å². The molecule has 0 aliphatic carbocycles. The zero-order chi connectivity index (χ0) is 14.9. The first-order valence-corrected chi connectivity index (χ1v) is 7.91. The molecule has 21 heavy (non-hydrogen) atoms. The summed E-state index contributed by atoms with van der Waals surface area (Å²) in [4.78, 5) is 16.1. The quantitative estimate of drug-likeness (QED) is 0.516. The van der Waals surface area contributed by atoms with Crippen molar-refractivity contribution < 1.29 is 4.79 Å². The van der Waals surface area contributed by atoms with Crippen LogP contribution in [0.2, 0.25) is 0 Å². The van der Waals surface area contributed by atoms with Crippen molar-refractivity contribution in [3.05, 3.63) is 36.5 Å². The predicted octanol–water partition coefficient (Wildman–Crippen LogP) is 2.85. The van der Waals surface area contributed by atoms with Gasteiger partial charge in [0.15, 0.2) is 0 Å². The van der Waals surface area contributed by atoms with Gasteiger partial charge in [-0.3, -0.25) is 19.6 Å². The van der Waals surface area contributed by atoms with E-state index < -0.39 is 0 Å². The van der Waals surface area contributed by atoms with Gasteiger partial charge in [-0.1, -0.05) is 12.5 Å². The van der Waals surface area contributed by atoms with Crippen molar-refractivity contribution in [2.24, 2.45) is 5.14 Å². The van der Waals surface area contributed by atoms with Gasteiger partial charge in [-0.15, -0.1) is 0 Å². The monoisotopic (exact) mass is 304 g/mol. The van der Waals surface area contributed by atoms with Gasteiger partial charge in [0.25, 0.3) is 0 Å². The van der Waals surface area contributed by atoms with Crippen LogP contribution in [-0.4, -0.2) is 17.4 Å². The number of nitrogens with zero attached hydrogens (tertiary/aromatic N) is 1. The lowest BCUT2D eigenvalue weighted by atomic mass is 10.1. The molecule has 0 aliphatic heterocycles. The van der Waals surface area contributed by atoms with E-state index in [2.05, 4.69) is 15.0 Å². The Hall–Kier alpha value is -1.63. The molecule has 0 saturated heterocycles. The van der Waals surface area contributed by atoms with E-state index >= 15 is 0 Å². The topological polar surface area (TPSA) is 80.0 Å². The molecular weight excluding hydrogens is 284 g/mol. The number of hydrogen-bond acceptors (Lipinski definition) is 5. The smallest absolute Gasteiger partial charge is 0.224 e. The van der Waals surface area contributed by atoms with Crippen LogP contribution in [0.4, 0.5) is 5.69 Å². The summed E-state index contributed by atoms with van der Waals surface area (Å²) in [5.74, 6) is 0.0550. The third-order valence-corrected chi connectivity index (χ3v) is 3.52. The summed E-state index contributed by atoms with van der Waals surface area (Å²) < 4.78 is 2.98. The van der Waals surface area contributed by atoms with Crippen molar-refractivity contribution in [3.63, 3.8) is 0 Å². The molecule has 0 fully saturated rings. The normalized spacial score (nSPS) is 10.7. The van der Waals surface area contributed by atoms with Crippen molar-refractivity contribution in [2.75, 3.05) is 11.9 Å². The van der Waals surface area contributed by atoms with Crippen LogP contribution in [0.15, 0.2) is 36.5 Å². The van der Waals surface area contributed by atoms with Gasteiger partial charge in [0.2, 0.25) is 5.91 Å². The zero-order valence-electron chi connectivity index (χ0n) is 11.8. The van der Waals surface area contributed by atoms with Crippen molar-refractivity contribution >= 4 is 34.6 Å². The maximum atomic E-state index is 11.9. The van der Waals surface area contributed by atoms with Crippen LogP contribution in [0.3, 0.4) is 0 Å². The number of fused-ring (bicyclic) bond motifs is 1. The third kappa shape index (κ3) is 5.34. The lowest BCUT2D eigenvalue weighted by Gasteiger charge is -2.06. The lowest BCUT2D eigenvalue weighted by Crippen LogP contribution is -2.12. The SMILES string of the molecule is NSNCCCCCC(=O)Nc1ccc2ncccc2c1.